The SMILES string of the molecule is Cc1ccccc1CC(=O)NCCCC(C)CBr. The van der Waals surface area contributed by atoms with Crippen LogP contribution in [0.25, 0.3) is 0 Å². The van der Waals surface area contributed by atoms with E-state index in [0.29, 0.717) is 12.3 Å². The molecule has 1 rings (SSSR count). The van der Waals surface area contributed by atoms with Gasteiger partial charge in [0.2, 0.25) is 5.91 Å². The van der Waals surface area contributed by atoms with Crippen LogP contribution in [0.2, 0.25) is 0 Å². The minimum atomic E-state index is 0.121. The van der Waals surface area contributed by atoms with Crippen LogP contribution >= 0.6 is 15.9 Å². The summed E-state index contributed by atoms with van der Waals surface area (Å²) in [7, 11) is 0. The number of halogens is 1. The summed E-state index contributed by atoms with van der Waals surface area (Å²) in [5, 5.41) is 4.02. The third kappa shape index (κ3) is 5.67. The fourth-order valence-corrected chi connectivity index (χ4v) is 2.12. The van der Waals surface area contributed by atoms with Crippen LogP contribution in [0.4, 0.5) is 0 Å². The first-order valence-corrected chi connectivity index (χ1v) is 7.62. The highest BCUT2D eigenvalue weighted by Crippen LogP contribution is 2.09. The van der Waals surface area contributed by atoms with Gasteiger partial charge in [0.05, 0.1) is 6.42 Å². The molecule has 0 spiro atoms. The van der Waals surface area contributed by atoms with Crippen molar-refractivity contribution < 1.29 is 4.79 Å². The average Bonchev–Trinajstić information content (AvgIpc) is 2.37. The molecule has 0 bridgehead atoms. The van der Waals surface area contributed by atoms with E-state index in [1.54, 1.807) is 0 Å². The molecule has 0 heterocycles. The molecule has 1 amide bonds. The largest absolute Gasteiger partial charge is 0.356 e. The highest BCUT2D eigenvalue weighted by Gasteiger charge is 2.05. The lowest BCUT2D eigenvalue weighted by molar-refractivity contribution is -0.120. The molecule has 1 unspecified atom stereocenters. The second-order valence-corrected chi connectivity index (χ2v) is 5.50. The quantitative estimate of drug-likeness (QED) is 0.606. The molecule has 18 heavy (non-hydrogen) atoms. The first-order chi connectivity index (χ1) is 8.63. The maximum atomic E-state index is 11.8. The number of hydrogen-bond acceptors (Lipinski definition) is 1. The Bertz CT molecular complexity index is 379. The first-order valence-electron chi connectivity index (χ1n) is 6.50. The van der Waals surface area contributed by atoms with E-state index in [9.17, 15) is 4.79 Å². The van der Waals surface area contributed by atoms with E-state index in [1.165, 1.54) is 5.56 Å². The van der Waals surface area contributed by atoms with Gasteiger partial charge in [-0.1, -0.05) is 47.1 Å². The lowest BCUT2D eigenvalue weighted by Crippen LogP contribution is -2.26. The lowest BCUT2D eigenvalue weighted by Gasteiger charge is -2.09. The van der Waals surface area contributed by atoms with Gasteiger partial charge in [-0.05, 0) is 36.8 Å². The van der Waals surface area contributed by atoms with E-state index >= 15 is 0 Å². The standard InChI is InChI=1S/C15H22BrNO/c1-12(11-16)6-5-9-17-15(18)10-14-8-4-3-7-13(14)2/h3-4,7-8,12H,5-6,9-11H2,1-2H3,(H,17,18). The zero-order chi connectivity index (χ0) is 13.4. The number of carbonyl (C=O) groups excluding carboxylic acids is 1. The molecule has 0 aliphatic heterocycles. The fraction of sp³-hybridized carbons (Fsp3) is 0.533. The van der Waals surface area contributed by atoms with Gasteiger partial charge >= 0.3 is 0 Å². The summed E-state index contributed by atoms with van der Waals surface area (Å²) in [4.78, 5) is 11.8. The maximum Gasteiger partial charge on any atom is 0.224 e. The summed E-state index contributed by atoms with van der Waals surface area (Å²) in [6, 6.07) is 8.04. The van der Waals surface area contributed by atoms with Crippen LogP contribution in [0.15, 0.2) is 24.3 Å². The van der Waals surface area contributed by atoms with Crippen LogP contribution < -0.4 is 5.32 Å². The van der Waals surface area contributed by atoms with Gasteiger partial charge in [-0.15, -0.1) is 0 Å². The lowest BCUT2D eigenvalue weighted by atomic mass is 10.1. The van der Waals surface area contributed by atoms with Gasteiger partial charge in [-0.2, -0.15) is 0 Å². The Balaban J connectivity index is 2.24. The predicted molar refractivity (Wildman–Crippen MR) is 80.1 cm³/mol. The molecule has 1 atom stereocenters. The topological polar surface area (TPSA) is 29.1 Å². The molecule has 0 saturated heterocycles. The van der Waals surface area contributed by atoms with E-state index in [0.717, 1.165) is 30.3 Å². The molecule has 0 aromatic heterocycles. The van der Waals surface area contributed by atoms with Crippen molar-refractivity contribution in [2.75, 3.05) is 11.9 Å². The third-order valence-electron chi connectivity index (χ3n) is 3.07. The van der Waals surface area contributed by atoms with E-state index in [-0.39, 0.29) is 5.91 Å². The molecule has 1 aromatic rings. The fourth-order valence-electron chi connectivity index (χ4n) is 1.80. The Kier molecular flexibility index (Phi) is 7.02. The Morgan fingerprint density at radius 1 is 1.39 bits per heavy atom. The van der Waals surface area contributed by atoms with Gasteiger partial charge in [-0.25, -0.2) is 0 Å². The summed E-state index contributed by atoms with van der Waals surface area (Å²) in [6.07, 6.45) is 2.68. The number of carbonyl (C=O) groups is 1. The van der Waals surface area contributed by atoms with Gasteiger partial charge in [0.25, 0.3) is 0 Å². The minimum absolute atomic E-state index is 0.121. The van der Waals surface area contributed by atoms with Crippen LogP contribution in [0.3, 0.4) is 0 Å². The van der Waals surface area contributed by atoms with Gasteiger partial charge in [0.15, 0.2) is 0 Å². The number of aryl methyl sites for hydroxylation is 1. The number of amides is 1. The van der Waals surface area contributed by atoms with Crippen LogP contribution in [0, 0.1) is 12.8 Å². The molecule has 3 heteroatoms. The van der Waals surface area contributed by atoms with Crippen molar-refractivity contribution in [3.63, 3.8) is 0 Å². The molecule has 0 aliphatic rings. The summed E-state index contributed by atoms with van der Waals surface area (Å²) >= 11 is 3.46. The highest BCUT2D eigenvalue weighted by molar-refractivity contribution is 9.09. The number of benzene rings is 1. The third-order valence-corrected chi connectivity index (χ3v) is 4.18. The summed E-state index contributed by atoms with van der Waals surface area (Å²) in [5.74, 6) is 0.800. The molecule has 100 valence electrons. The molecule has 0 fully saturated rings. The summed E-state index contributed by atoms with van der Waals surface area (Å²) < 4.78 is 0. The van der Waals surface area contributed by atoms with Crippen molar-refractivity contribution in [3.8, 4) is 0 Å². The Labute approximate surface area is 118 Å². The van der Waals surface area contributed by atoms with Gasteiger partial charge in [-0.3, -0.25) is 4.79 Å². The van der Waals surface area contributed by atoms with Crippen molar-refractivity contribution in [1.29, 1.82) is 0 Å². The molecule has 2 nitrogen and oxygen atoms in total. The van der Waals surface area contributed by atoms with Crippen molar-refractivity contribution in [1.82, 2.24) is 5.32 Å². The minimum Gasteiger partial charge on any atom is -0.356 e. The molecule has 1 aromatic carbocycles. The number of nitrogens with one attached hydrogen (secondary N) is 1. The van der Waals surface area contributed by atoms with Crippen molar-refractivity contribution >= 4 is 21.8 Å². The smallest absolute Gasteiger partial charge is 0.224 e. The van der Waals surface area contributed by atoms with Gasteiger partial charge in [0, 0.05) is 11.9 Å². The monoisotopic (exact) mass is 311 g/mol. The predicted octanol–water partition coefficient (Wildman–Crippen LogP) is 3.46. The molecular weight excluding hydrogens is 290 g/mol. The first kappa shape index (κ1) is 15.2. The Morgan fingerprint density at radius 2 is 2.11 bits per heavy atom. The molecule has 0 saturated carbocycles. The number of hydrogen-bond donors (Lipinski definition) is 1. The summed E-state index contributed by atoms with van der Waals surface area (Å²) in [5.41, 5.74) is 2.30. The Hall–Kier alpha value is -0.830. The normalized spacial score (nSPS) is 12.2. The molecule has 1 N–H and O–H groups in total. The second-order valence-electron chi connectivity index (χ2n) is 4.85. The summed E-state index contributed by atoms with van der Waals surface area (Å²) in [6.45, 7) is 5.03. The molecule has 0 radical (unpaired) electrons. The zero-order valence-corrected chi connectivity index (χ0v) is 12.8. The van der Waals surface area contributed by atoms with Crippen LogP contribution in [0.5, 0.6) is 0 Å². The number of rotatable bonds is 7. The maximum absolute atomic E-state index is 11.8. The second kappa shape index (κ2) is 8.30. The average molecular weight is 312 g/mol. The van der Waals surface area contributed by atoms with E-state index in [1.807, 2.05) is 31.2 Å². The van der Waals surface area contributed by atoms with E-state index in [2.05, 4.69) is 28.2 Å². The van der Waals surface area contributed by atoms with Crippen LogP contribution in [-0.2, 0) is 11.2 Å². The zero-order valence-electron chi connectivity index (χ0n) is 11.2. The van der Waals surface area contributed by atoms with Crippen molar-refractivity contribution in [2.45, 2.75) is 33.1 Å². The molecular formula is C15H22BrNO. The Morgan fingerprint density at radius 3 is 2.78 bits per heavy atom. The van der Waals surface area contributed by atoms with Crippen LogP contribution in [0.1, 0.15) is 30.9 Å². The van der Waals surface area contributed by atoms with Crippen molar-refractivity contribution in [2.24, 2.45) is 5.92 Å². The van der Waals surface area contributed by atoms with E-state index in [4.69, 9.17) is 0 Å². The number of alkyl halides is 1. The van der Waals surface area contributed by atoms with Crippen molar-refractivity contribution in [3.05, 3.63) is 35.4 Å². The van der Waals surface area contributed by atoms with E-state index < -0.39 is 0 Å². The van der Waals surface area contributed by atoms with Gasteiger partial charge in [0.1, 0.15) is 0 Å². The highest BCUT2D eigenvalue weighted by atomic mass is 79.9. The van der Waals surface area contributed by atoms with Gasteiger partial charge < -0.3 is 5.32 Å². The molecule has 0 aliphatic carbocycles. The van der Waals surface area contributed by atoms with Crippen LogP contribution in [-0.4, -0.2) is 17.8 Å².